The number of sulfonamides is 1. The summed E-state index contributed by atoms with van der Waals surface area (Å²) in [4.78, 5) is 26.7. The molecule has 2 aliphatic rings. The smallest absolute Gasteiger partial charge is 0.331 e. The topological polar surface area (TPSA) is 156 Å². The van der Waals surface area contributed by atoms with Gasteiger partial charge in [-0.25, -0.2) is 26.4 Å². The summed E-state index contributed by atoms with van der Waals surface area (Å²) in [7, 11) is -7.84. The number of hydrogen-bond acceptors (Lipinski definition) is 8. The van der Waals surface area contributed by atoms with Crippen LogP contribution in [0.25, 0.3) is 0 Å². The average Bonchev–Trinajstić information content (AvgIpc) is 3.43. The van der Waals surface area contributed by atoms with Crippen LogP contribution in [0, 0.1) is 0 Å². The molecular weight excluding hydrogens is 719 g/mol. The number of carbonyl (C=O) groups is 2. The van der Waals surface area contributed by atoms with Crippen LogP contribution in [0.5, 0.6) is 0 Å². The molecule has 0 fully saturated rings. The standard InChI is InChI=1S/C26H24Cl2N2O6S2.C10H14N2/c27-21-3-7-24(8-4-21)37(33,34)17-23(31)16-18-1-2-19-11-13-30(14-12-20(19)15-18)26(32)29-38(35,36)25-9-5-22(28)6-10-25;11-10-2-1-8-3-5-12-6-4-9(8)7-10/h1-10,15H,11-14,16-17H2,(H,29,32);1-2,7,12H,3-6,11H2. The molecule has 0 atom stereocenters. The first kappa shape index (κ1) is 37.3. The van der Waals surface area contributed by atoms with Crippen molar-refractivity contribution in [1.29, 1.82) is 0 Å². The molecule has 0 saturated heterocycles. The zero-order valence-electron chi connectivity index (χ0n) is 27.2. The first-order chi connectivity index (χ1) is 23.8. The van der Waals surface area contributed by atoms with Crippen LogP contribution in [0.1, 0.15) is 27.8 Å². The predicted molar refractivity (Wildman–Crippen MR) is 196 cm³/mol. The molecule has 2 heterocycles. The summed E-state index contributed by atoms with van der Waals surface area (Å²) in [5.41, 5.74) is 12.0. The maximum Gasteiger partial charge on any atom is 0.331 e. The van der Waals surface area contributed by atoms with E-state index < -0.39 is 37.4 Å². The van der Waals surface area contributed by atoms with Crippen LogP contribution in [-0.2, 0) is 56.8 Å². The van der Waals surface area contributed by atoms with Crippen molar-refractivity contribution < 1.29 is 26.4 Å². The van der Waals surface area contributed by atoms with Gasteiger partial charge in [-0.2, -0.15) is 0 Å². The van der Waals surface area contributed by atoms with E-state index in [1.54, 1.807) is 6.07 Å². The zero-order valence-corrected chi connectivity index (χ0v) is 30.3. The molecule has 0 saturated carbocycles. The van der Waals surface area contributed by atoms with Crippen LogP contribution < -0.4 is 15.8 Å². The van der Waals surface area contributed by atoms with Crippen LogP contribution in [0.3, 0.4) is 0 Å². The van der Waals surface area contributed by atoms with Gasteiger partial charge in [-0.3, -0.25) is 4.79 Å². The third-order valence-corrected chi connectivity index (χ3v) is 12.0. The number of carbonyl (C=O) groups excluding carboxylic acids is 2. The SMILES string of the molecule is Nc1ccc2c(c1)CCNCC2.O=C(Cc1ccc2c(c1)CCN(C(=O)NS(=O)(=O)c1ccc(Cl)cc1)CC2)CS(=O)(=O)c1ccc(Cl)cc1. The average molecular weight is 758 g/mol. The molecule has 0 radical (unpaired) electrons. The van der Waals surface area contributed by atoms with Crippen molar-refractivity contribution in [3.8, 4) is 0 Å². The lowest BCUT2D eigenvalue weighted by Gasteiger charge is -2.20. The van der Waals surface area contributed by atoms with Gasteiger partial charge in [0.05, 0.1) is 9.79 Å². The van der Waals surface area contributed by atoms with E-state index in [1.165, 1.54) is 64.6 Å². The molecule has 0 unspecified atom stereocenters. The number of Topliss-reactive ketones (excluding diaryl/α,β-unsaturated/α-hetero) is 1. The van der Waals surface area contributed by atoms with Gasteiger partial charge < -0.3 is 16.0 Å². The normalized spacial score (nSPS) is 14.6. The van der Waals surface area contributed by atoms with Crippen LogP contribution in [0.15, 0.2) is 94.7 Å². The number of anilines is 1. The fourth-order valence-corrected chi connectivity index (χ4v) is 8.32. The monoisotopic (exact) mass is 756 g/mol. The molecule has 4 N–H and O–H groups in total. The minimum atomic E-state index is -4.06. The first-order valence-corrected chi connectivity index (χ1v) is 19.9. The molecule has 0 spiro atoms. The fourth-order valence-electron chi connectivity index (χ4n) is 5.85. The van der Waals surface area contributed by atoms with E-state index in [1.807, 2.05) is 18.2 Å². The van der Waals surface area contributed by atoms with Gasteiger partial charge in [-0.1, -0.05) is 47.5 Å². The Morgan fingerprint density at radius 3 is 1.90 bits per heavy atom. The number of rotatable bonds is 7. The van der Waals surface area contributed by atoms with Gasteiger partial charge in [-0.15, -0.1) is 0 Å². The number of nitrogen functional groups attached to an aromatic ring is 1. The van der Waals surface area contributed by atoms with Crippen molar-refractivity contribution in [2.75, 3.05) is 37.7 Å². The molecule has 14 heteroatoms. The Morgan fingerprint density at radius 1 is 0.700 bits per heavy atom. The number of nitrogens with one attached hydrogen (secondary N) is 2. The molecule has 10 nitrogen and oxygen atoms in total. The molecule has 6 rings (SSSR count). The Labute approximate surface area is 302 Å². The highest BCUT2D eigenvalue weighted by atomic mass is 35.5. The highest BCUT2D eigenvalue weighted by molar-refractivity contribution is 7.92. The summed E-state index contributed by atoms with van der Waals surface area (Å²) < 4.78 is 52.4. The van der Waals surface area contributed by atoms with E-state index in [0.717, 1.165) is 42.7 Å². The summed E-state index contributed by atoms with van der Waals surface area (Å²) in [5, 5.41) is 4.15. The Morgan fingerprint density at radius 2 is 1.24 bits per heavy atom. The van der Waals surface area contributed by atoms with Gasteiger partial charge in [0.1, 0.15) is 5.75 Å². The second-order valence-electron chi connectivity index (χ2n) is 12.2. The maximum atomic E-state index is 12.7. The molecule has 50 heavy (non-hydrogen) atoms. The molecule has 4 aromatic rings. The van der Waals surface area contributed by atoms with E-state index in [0.29, 0.717) is 35.0 Å². The number of nitrogens with zero attached hydrogens (tertiary/aromatic N) is 1. The summed E-state index contributed by atoms with van der Waals surface area (Å²) in [6.45, 7) is 2.76. The van der Waals surface area contributed by atoms with E-state index in [2.05, 4.69) is 22.2 Å². The molecule has 4 aromatic carbocycles. The van der Waals surface area contributed by atoms with Crippen LogP contribution in [0.2, 0.25) is 10.0 Å². The van der Waals surface area contributed by atoms with E-state index >= 15 is 0 Å². The quantitative estimate of drug-likeness (QED) is 0.222. The highest BCUT2D eigenvalue weighted by Gasteiger charge is 2.25. The van der Waals surface area contributed by atoms with Crippen molar-refractivity contribution in [2.45, 2.75) is 41.9 Å². The second-order valence-corrected chi connectivity index (χ2v) is 16.7. The third-order valence-electron chi connectivity index (χ3n) is 8.50. The Balaban J connectivity index is 0.000000338. The molecule has 264 valence electrons. The van der Waals surface area contributed by atoms with Crippen molar-refractivity contribution in [2.24, 2.45) is 0 Å². The van der Waals surface area contributed by atoms with E-state index in [9.17, 15) is 26.4 Å². The number of hydrogen-bond donors (Lipinski definition) is 3. The number of benzene rings is 4. The zero-order chi connectivity index (χ0) is 35.9. The summed E-state index contributed by atoms with van der Waals surface area (Å²) in [5.74, 6) is -1.07. The molecule has 2 aliphatic heterocycles. The number of amides is 2. The highest BCUT2D eigenvalue weighted by Crippen LogP contribution is 2.21. The molecule has 0 bridgehead atoms. The van der Waals surface area contributed by atoms with E-state index in [-0.39, 0.29) is 22.8 Å². The fraction of sp³-hybridized carbons (Fsp3) is 0.278. The summed E-state index contributed by atoms with van der Waals surface area (Å²) in [6.07, 6.45) is 3.15. The van der Waals surface area contributed by atoms with Gasteiger partial charge >= 0.3 is 6.03 Å². The minimum absolute atomic E-state index is 0.0358. The van der Waals surface area contributed by atoms with Gasteiger partial charge in [0, 0.05) is 35.2 Å². The number of fused-ring (bicyclic) bond motifs is 2. The lowest BCUT2D eigenvalue weighted by Crippen LogP contribution is -2.43. The molecular formula is C36H38Cl2N4O6S2. The van der Waals surface area contributed by atoms with Crippen LogP contribution in [-0.4, -0.2) is 65.5 Å². The van der Waals surface area contributed by atoms with Crippen molar-refractivity contribution in [3.05, 3.63) is 123 Å². The molecule has 0 aromatic heterocycles. The van der Waals surface area contributed by atoms with Crippen molar-refractivity contribution in [1.82, 2.24) is 14.9 Å². The largest absolute Gasteiger partial charge is 0.399 e. The number of nitrogens with two attached hydrogens (primary N) is 1. The Kier molecular flexibility index (Phi) is 12.2. The third kappa shape index (κ3) is 10.1. The van der Waals surface area contributed by atoms with Crippen molar-refractivity contribution in [3.63, 3.8) is 0 Å². The van der Waals surface area contributed by atoms with Gasteiger partial charge in [0.15, 0.2) is 15.6 Å². The minimum Gasteiger partial charge on any atom is -0.399 e. The first-order valence-electron chi connectivity index (χ1n) is 16.0. The molecule has 2 amide bonds. The predicted octanol–water partition coefficient (Wildman–Crippen LogP) is 5.04. The van der Waals surface area contributed by atoms with Crippen molar-refractivity contribution >= 4 is 60.6 Å². The second kappa shape index (κ2) is 16.4. The summed E-state index contributed by atoms with van der Waals surface area (Å²) in [6, 6.07) is 22.1. The molecule has 0 aliphatic carbocycles. The number of sulfone groups is 1. The number of urea groups is 1. The Bertz CT molecular complexity index is 2070. The van der Waals surface area contributed by atoms with Gasteiger partial charge in [-0.05, 0) is 127 Å². The Hall–Kier alpha value is -3.94. The summed E-state index contributed by atoms with van der Waals surface area (Å²) >= 11 is 11.6. The van der Waals surface area contributed by atoms with E-state index in [4.69, 9.17) is 28.9 Å². The van der Waals surface area contributed by atoms with Gasteiger partial charge in [0.25, 0.3) is 10.0 Å². The number of ketones is 1. The lowest BCUT2D eigenvalue weighted by atomic mass is 9.98. The van der Waals surface area contributed by atoms with Crippen LogP contribution in [0.4, 0.5) is 10.5 Å². The van der Waals surface area contributed by atoms with Gasteiger partial charge in [0.2, 0.25) is 0 Å². The lowest BCUT2D eigenvalue weighted by molar-refractivity contribution is -0.116. The van der Waals surface area contributed by atoms with Crippen LogP contribution >= 0.6 is 23.2 Å². The maximum absolute atomic E-state index is 12.7. The number of halogens is 2.